The van der Waals surface area contributed by atoms with E-state index < -0.39 is 0 Å². The maximum Gasteiger partial charge on any atom is 0.251 e. The highest BCUT2D eigenvalue weighted by Gasteiger charge is 2.41. The number of benzene rings is 3. The summed E-state index contributed by atoms with van der Waals surface area (Å²) >= 11 is 0. The molecule has 0 aromatic heterocycles. The van der Waals surface area contributed by atoms with Crippen LogP contribution in [-0.2, 0) is 6.54 Å². The fourth-order valence-electron chi connectivity index (χ4n) is 5.23. The van der Waals surface area contributed by atoms with E-state index in [1.54, 1.807) is 0 Å². The molecule has 2 fully saturated rings. The number of hydrogen-bond acceptors (Lipinski definition) is 2. The summed E-state index contributed by atoms with van der Waals surface area (Å²) in [5.41, 5.74) is 3.57. The summed E-state index contributed by atoms with van der Waals surface area (Å²) < 4.78 is 0. The molecule has 2 unspecified atom stereocenters. The normalized spacial score (nSPS) is 24.0. The van der Waals surface area contributed by atoms with Gasteiger partial charge in [0.25, 0.3) is 5.91 Å². The van der Waals surface area contributed by atoms with E-state index in [1.165, 1.54) is 29.4 Å². The Morgan fingerprint density at radius 3 is 2.38 bits per heavy atom. The summed E-state index contributed by atoms with van der Waals surface area (Å²) in [6.45, 7) is 3.24. The summed E-state index contributed by atoms with van der Waals surface area (Å²) in [6, 6.07) is 24.3. The van der Waals surface area contributed by atoms with Crippen LogP contribution in [0.2, 0.25) is 0 Å². The van der Waals surface area contributed by atoms with Crippen molar-refractivity contribution in [3.8, 4) is 0 Å². The minimum Gasteiger partial charge on any atom is -0.349 e. The molecule has 0 radical (unpaired) electrons. The van der Waals surface area contributed by atoms with Crippen molar-refractivity contribution in [1.82, 2.24) is 10.2 Å². The standard InChI is InChI=1S/C26H28N2O/c1-18-6-2-3-9-22(18)17-28-24-12-13-25(28)16-23(15-24)27-26(29)21-11-10-19-7-4-5-8-20(19)14-21/h2-11,14,23-25H,12-13,15-17H2,1H3,(H,27,29). The Hall–Kier alpha value is -2.65. The van der Waals surface area contributed by atoms with Crippen molar-refractivity contribution < 1.29 is 4.79 Å². The lowest BCUT2D eigenvalue weighted by molar-refractivity contribution is 0.0827. The van der Waals surface area contributed by atoms with E-state index in [1.807, 2.05) is 30.3 Å². The molecule has 148 valence electrons. The molecule has 5 rings (SSSR count). The van der Waals surface area contributed by atoms with Crippen molar-refractivity contribution in [3.05, 3.63) is 83.4 Å². The fourth-order valence-corrected chi connectivity index (χ4v) is 5.23. The lowest BCUT2D eigenvalue weighted by Gasteiger charge is -2.39. The molecule has 29 heavy (non-hydrogen) atoms. The van der Waals surface area contributed by atoms with Gasteiger partial charge in [-0.1, -0.05) is 54.6 Å². The van der Waals surface area contributed by atoms with Crippen LogP contribution < -0.4 is 5.32 Å². The zero-order valence-corrected chi connectivity index (χ0v) is 17.0. The highest BCUT2D eigenvalue weighted by Crippen LogP contribution is 2.37. The second-order valence-electron chi connectivity index (χ2n) is 8.69. The summed E-state index contributed by atoms with van der Waals surface area (Å²) in [4.78, 5) is 15.6. The van der Waals surface area contributed by atoms with Crippen LogP contribution in [0.15, 0.2) is 66.7 Å². The third kappa shape index (κ3) is 3.67. The predicted molar refractivity (Wildman–Crippen MR) is 118 cm³/mol. The second-order valence-corrected chi connectivity index (χ2v) is 8.69. The fraction of sp³-hybridized carbons (Fsp3) is 0.346. The van der Waals surface area contributed by atoms with Gasteiger partial charge >= 0.3 is 0 Å². The molecule has 1 N–H and O–H groups in total. The number of aryl methyl sites for hydroxylation is 1. The second kappa shape index (κ2) is 7.64. The van der Waals surface area contributed by atoms with Crippen LogP contribution >= 0.6 is 0 Å². The molecule has 3 aromatic carbocycles. The monoisotopic (exact) mass is 384 g/mol. The minimum absolute atomic E-state index is 0.0625. The van der Waals surface area contributed by atoms with Crippen LogP contribution in [0.25, 0.3) is 10.8 Å². The van der Waals surface area contributed by atoms with E-state index >= 15 is 0 Å². The number of piperidine rings is 1. The third-order valence-corrected chi connectivity index (χ3v) is 6.85. The maximum atomic E-state index is 12.9. The Morgan fingerprint density at radius 1 is 0.931 bits per heavy atom. The SMILES string of the molecule is Cc1ccccc1CN1C2CCC1CC(NC(=O)c1ccc3ccccc3c1)C2. The van der Waals surface area contributed by atoms with Crippen LogP contribution in [0.5, 0.6) is 0 Å². The molecule has 3 nitrogen and oxygen atoms in total. The molecule has 2 saturated heterocycles. The summed E-state index contributed by atoms with van der Waals surface area (Å²) in [6.07, 6.45) is 4.61. The van der Waals surface area contributed by atoms with E-state index in [2.05, 4.69) is 53.5 Å². The minimum atomic E-state index is 0.0625. The van der Waals surface area contributed by atoms with Crippen molar-refractivity contribution in [2.45, 2.75) is 57.3 Å². The average Bonchev–Trinajstić information content (AvgIpc) is 2.97. The number of amides is 1. The van der Waals surface area contributed by atoms with Crippen LogP contribution in [0.1, 0.15) is 47.2 Å². The van der Waals surface area contributed by atoms with Gasteiger partial charge in [0, 0.05) is 30.2 Å². The van der Waals surface area contributed by atoms with Gasteiger partial charge < -0.3 is 5.32 Å². The van der Waals surface area contributed by atoms with Crippen molar-refractivity contribution in [2.75, 3.05) is 0 Å². The van der Waals surface area contributed by atoms with Crippen LogP contribution in [-0.4, -0.2) is 28.9 Å². The van der Waals surface area contributed by atoms with Gasteiger partial charge in [-0.05, 0) is 66.6 Å². The molecule has 1 amide bonds. The Morgan fingerprint density at radius 2 is 1.62 bits per heavy atom. The first-order chi connectivity index (χ1) is 14.2. The Kier molecular flexibility index (Phi) is 4.84. The van der Waals surface area contributed by atoms with E-state index in [4.69, 9.17) is 0 Å². The van der Waals surface area contributed by atoms with E-state index in [-0.39, 0.29) is 11.9 Å². The number of carbonyl (C=O) groups is 1. The summed E-state index contributed by atoms with van der Waals surface area (Å²) in [5.74, 6) is 0.0625. The van der Waals surface area contributed by atoms with Gasteiger partial charge in [0.05, 0.1) is 0 Å². The van der Waals surface area contributed by atoms with Crippen LogP contribution in [0, 0.1) is 6.92 Å². The number of hydrogen-bond donors (Lipinski definition) is 1. The topological polar surface area (TPSA) is 32.3 Å². The number of nitrogens with one attached hydrogen (secondary N) is 1. The molecule has 3 aromatic rings. The largest absolute Gasteiger partial charge is 0.349 e. The first-order valence-electron chi connectivity index (χ1n) is 10.8. The molecule has 2 bridgehead atoms. The van der Waals surface area contributed by atoms with E-state index in [0.29, 0.717) is 12.1 Å². The highest BCUT2D eigenvalue weighted by molar-refractivity contribution is 5.98. The molecule has 2 heterocycles. The zero-order valence-electron chi connectivity index (χ0n) is 17.0. The lowest BCUT2D eigenvalue weighted by atomic mass is 9.95. The van der Waals surface area contributed by atoms with Gasteiger partial charge in [0.15, 0.2) is 0 Å². The number of carbonyl (C=O) groups excluding carboxylic acids is 1. The Bertz CT molecular complexity index is 1030. The molecular formula is C26H28N2O. The molecule has 2 aliphatic heterocycles. The number of fused-ring (bicyclic) bond motifs is 3. The van der Waals surface area contributed by atoms with Crippen molar-refractivity contribution in [3.63, 3.8) is 0 Å². The van der Waals surface area contributed by atoms with Crippen molar-refractivity contribution >= 4 is 16.7 Å². The summed E-state index contributed by atoms with van der Waals surface area (Å²) in [5, 5.41) is 5.62. The maximum absolute atomic E-state index is 12.9. The smallest absolute Gasteiger partial charge is 0.251 e. The van der Waals surface area contributed by atoms with E-state index in [0.717, 1.165) is 30.3 Å². The zero-order chi connectivity index (χ0) is 19.8. The number of nitrogens with zero attached hydrogens (tertiary/aromatic N) is 1. The summed E-state index contributed by atoms with van der Waals surface area (Å²) in [7, 11) is 0. The molecular weight excluding hydrogens is 356 g/mol. The van der Waals surface area contributed by atoms with Gasteiger partial charge in [0.1, 0.15) is 0 Å². The van der Waals surface area contributed by atoms with Crippen molar-refractivity contribution in [1.29, 1.82) is 0 Å². The molecule has 0 spiro atoms. The predicted octanol–water partition coefficient (Wildman–Crippen LogP) is 5.07. The van der Waals surface area contributed by atoms with Gasteiger partial charge in [0.2, 0.25) is 0 Å². The molecule has 0 saturated carbocycles. The van der Waals surface area contributed by atoms with Crippen LogP contribution in [0.4, 0.5) is 0 Å². The van der Waals surface area contributed by atoms with Gasteiger partial charge in [-0.25, -0.2) is 0 Å². The van der Waals surface area contributed by atoms with E-state index in [9.17, 15) is 4.79 Å². The molecule has 2 atom stereocenters. The lowest BCUT2D eigenvalue weighted by Crippen LogP contribution is -2.50. The van der Waals surface area contributed by atoms with Crippen molar-refractivity contribution in [2.24, 2.45) is 0 Å². The first kappa shape index (κ1) is 18.4. The first-order valence-corrected chi connectivity index (χ1v) is 10.8. The molecule has 3 heteroatoms. The highest BCUT2D eigenvalue weighted by atomic mass is 16.1. The molecule has 0 aliphatic carbocycles. The average molecular weight is 385 g/mol. The van der Waals surface area contributed by atoms with Gasteiger partial charge in [-0.15, -0.1) is 0 Å². The van der Waals surface area contributed by atoms with Gasteiger partial charge in [-0.3, -0.25) is 9.69 Å². The number of rotatable bonds is 4. The Balaban J connectivity index is 1.26. The Labute approximate surface area is 172 Å². The quantitative estimate of drug-likeness (QED) is 0.681. The van der Waals surface area contributed by atoms with Gasteiger partial charge in [-0.2, -0.15) is 0 Å². The third-order valence-electron chi connectivity index (χ3n) is 6.85. The van der Waals surface area contributed by atoms with Crippen LogP contribution in [0.3, 0.4) is 0 Å². The molecule has 2 aliphatic rings.